The van der Waals surface area contributed by atoms with Crippen molar-refractivity contribution >= 4 is 11.7 Å². The summed E-state index contributed by atoms with van der Waals surface area (Å²) in [6, 6.07) is 7.47. The summed E-state index contributed by atoms with van der Waals surface area (Å²) >= 11 is 0. The maximum atomic E-state index is 13.2. The number of carbonyl (C=O) groups excluding carboxylic acids is 1. The third kappa shape index (κ3) is 4.93. The average molecular weight is 511 g/mol. The fourth-order valence-electron chi connectivity index (χ4n) is 4.65. The Morgan fingerprint density at radius 2 is 1.92 bits per heavy atom. The smallest absolute Gasteiger partial charge is 0.347 e. The molecular formula is C25H25F3N8O. The van der Waals surface area contributed by atoms with Crippen LogP contribution in [0.25, 0.3) is 17.2 Å². The molecule has 1 saturated carbocycles. The number of carbonyl (C=O) groups is 1. The van der Waals surface area contributed by atoms with Crippen molar-refractivity contribution in [2.45, 2.75) is 51.5 Å². The first-order chi connectivity index (χ1) is 17.7. The average Bonchev–Trinajstić information content (AvgIpc) is 3.50. The van der Waals surface area contributed by atoms with Gasteiger partial charge in [0.1, 0.15) is 11.5 Å². The molecule has 1 aromatic carbocycles. The molecule has 9 nitrogen and oxygen atoms in total. The van der Waals surface area contributed by atoms with Crippen molar-refractivity contribution in [3.63, 3.8) is 0 Å². The molecule has 12 heteroatoms. The van der Waals surface area contributed by atoms with Gasteiger partial charge in [0.2, 0.25) is 5.78 Å². The lowest BCUT2D eigenvalue weighted by Gasteiger charge is -2.27. The van der Waals surface area contributed by atoms with Crippen LogP contribution in [0.3, 0.4) is 0 Å². The van der Waals surface area contributed by atoms with Crippen molar-refractivity contribution in [1.29, 1.82) is 0 Å². The lowest BCUT2D eigenvalue weighted by molar-refractivity contribution is -0.149. The van der Waals surface area contributed by atoms with Gasteiger partial charge in [-0.3, -0.25) is 14.1 Å². The zero-order valence-electron chi connectivity index (χ0n) is 20.2. The van der Waals surface area contributed by atoms with Gasteiger partial charge < -0.3 is 5.32 Å². The fraction of sp³-hybridized carbons (Fsp3) is 0.400. The summed E-state index contributed by atoms with van der Waals surface area (Å²) in [5, 5.41) is 7.47. The van der Waals surface area contributed by atoms with Gasteiger partial charge in [-0.2, -0.15) is 18.3 Å². The van der Waals surface area contributed by atoms with Crippen molar-refractivity contribution in [3.05, 3.63) is 65.0 Å². The van der Waals surface area contributed by atoms with Gasteiger partial charge in [-0.15, -0.1) is 0 Å². The first kappa shape index (κ1) is 23.6. The summed E-state index contributed by atoms with van der Waals surface area (Å²) in [7, 11) is 0. The van der Waals surface area contributed by atoms with E-state index in [1.165, 1.54) is 4.90 Å². The van der Waals surface area contributed by atoms with Gasteiger partial charge in [-0.1, -0.05) is 24.3 Å². The van der Waals surface area contributed by atoms with E-state index in [1.54, 1.807) is 15.3 Å². The van der Waals surface area contributed by atoms with Gasteiger partial charge in [0, 0.05) is 37.0 Å². The zero-order valence-corrected chi connectivity index (χ0v) is 20.2. The number of hydrogen-bond donors (Lipinski definition) is 1. The van der Waals surface area contributed by atoms with Crippen molar-refractivity contribution in [3.8, 4) is 11.4 Å². The van der Waals surface area contributed by atoms with E-state index >= 15 is 0 Å². The van der Waals surface area contributed by atoms with E-state index in [9.17, 15) is 18.0 Å². The standard InChI is InChI=1S/C25H25F3N8O/c1-15-10-30-24-32-20(17-6-7-17)21(35(24)12-15)23(37)29-11-16-2-4-18(5-3-16)22-31-19-13-34(14-25(26,27)28)8-9-36(19)33-22/h2-5,10,12,17H,6-9,11,13-14H2,1H3,(H,29,37). The van der Waals surface area contributed by atoms with Crippen LogP contribution < -0.4 is 5.32 Å². The van der Waals surface area contributed by atoms with E-state index in [0.717, 1.165) is 35.2 Å². The molecule has 2 aliphatic rings. The van der Waals surface area contributed by atoms with E-state index in [-0.39, 0.29) is 19.0 Å². The topological polar surface area (TPSA) is 93.2 Å². The summed E-state index contributed by atoms with van der Waals surface area (Å²) < 4.78 is 41.7. The quantitative estimate of drug-likeness (QED) is 0.427. The first-order valence-electron chi connectivity index (χ1n) is 12.2. The molecule has 37 heavy (non-hydrogen) atoms. The Morgan fingerprint density at radius 1 is 1.14 bits per heavy atom. The van der Waals surface area contributed by atoms with Crippen LogP contribution in [0.4, 0.5) is 13.2 Å². The molecule has 4 aromatic rings. The second-order valence-corrected chi connectivity index (χ2v) is 9.70. The molecule has 1 amide bonds. The minimum absolute atomic E-state index is 0.109. The highest BCUT2D eigenvalue weighted by Gasteiger charge is 2.34. The molecule has 1 aliphatic heterocycles. The second kappa shape index (κ2) is 8.94. The molecule has 0 saturated heterocycles. The van der Waals surface area contributed by atoms with Crippen molar-refractivity contribution in [1.82, 2.24) is 39.3 Å². The SMILES string of the molecule is Cc1cnc2nc(C3CC3)c(C(=O)NCc3ccc(-c4nc5n(n4)CCN(CC(F)(F)F)C5)cc3)n2c1. The molecule has 0 spiro atoms. The van der Waals surface area contributed by atoms with Crippen LogP contribution in [0.2, 0.25) is 0 Å². The number of imidazole rings is 1. The van der Waals surface area contributed by atoms with Crippen molar-refractivity contribution in [2.24, 2.45) is 0 Å². The van der Waals surface area contributed by atoms with Crippen molar-refractivity contribution < 1.29 is 18.0 Å². The van der Waals surface area contributed by atoms with Crippen LogP contribution in [0, 0.1) is 6.92 Å². The third-order valence-electron chi connectivity index (χ3n) is 6.62. The third-order valence-corrected chi connectivity index (χ3v) is 6.62. The molecular weight excluding hydrogens is 485 g/mol. The minimum Gasteiger partial charge on any atom is -0.347 e. The van der Waals surface area contributed by atoms with Gasteiger partial charge >= 0.3 is 6.18 Å². The highest BCUT2D eigenvalue weighted by Crippen LogP contribution is 2.41. The van der Waals surface area contributed by atoms with Crippen LogP contribution in [0.1, 0.15) is 51.9 Å². The highest BCUT2D eigenvalue weighted by atomic mass is 19.4. The molecule has 0 radical (unpaired) electrons. The number of benzene rings is 1. The molecule has 3 aromatic heterocycles. The Morgan fingerprint density at radius 3 is 2.65 bits per heavy atom. The van der Waals surface area contributed by atoms with Crippen molar-refractivity contribution in [2.75, 3.05) is 13.1 Å². The number of nitrogens with zero attached hydrogens (tertiary/aromatic N) is 7. The molecule has 0 bridgehead atoms. The molecule has 4 heterocycles. The molecule has 0 unspecified atom stereocenters. The number of rotatable bonds is 6. The van der Waals surface area contributed by atoms with Crippen LogP contribution in [0.15, 0.2) is 36.7 Å². The summed E-state index contributed by atoms with van der Waals surface area (Å²) in [4.78, 5) is 27.9. The van der Waals surface area contributed by atoms with E-state index in [0.29, 0.717) is 42.1 Å². The highest BCUT2D eigenvalue weighted by molar-refractivity contribution is 5.94. The monoisotopic (exact) mass is 510 g/mol. The van der Waals surface area contributed by atoms with Gasteiger partial charge in [-0.25, -0.2) is 19.6 Å². The molecule has 192 valence electrons. The van der Waals surface area contributed by atoms with Crippen LogP contribution >= 0.6 is 0 Å². The molecule has 6 rings (SSSR count). The first-order valence-corrected chi connectivity index (χ1v) is 12.2. The number of aryl methyl sites for hydroxylation is 1. The van der Waals surface area contributed by atoms with Crippen LogP contribution in [0.5, 0.6) is 0 Å². The normalized spacial score (nSPS) is 16.2. The molecule has 1 aliphatic carbocycles. The van der Waals surface area contributed by atoms with E-state index < -0.39 is 12.7 Å². The maximum Gasteiger partial charge on any atom is 0.401 e. The van der Waals surface area contributed by atoms with E-state index in [2.05, 4.69) is 25.4 Å². The Balaban J connectivity index is 1.14. The Hall–Kier alpha value is -3.80. The van der Waals surface area contributed by atoms with Gasteiger partial charge in [0.05, 0.1) is 25.3 Å². The zero-order chi connectivity index (χ0) is 25.7. The number of fused-ring (bicyclic) bond motifs is 2. The lowest BCUT2D eigenvalue weighted by atomic mass is 10.1. The number of hydrogen-bond acceptors (Lipinski definition) is 6. The van der Waals surface area contributed by atoms with Crippen LogP contribution in [-0.4, -0.2) is 59.2 Å². The molecule has 0 atom stereocenters. The predicted octanol–water partition coefficient (Wildman–Crippen LogP) is 3.48. The Kier molecular flexibility index (Phi) is 5.70. The number of alkyl halides is 3. The predicted molar refractivity (Wildman–Crippen MR) is 128 cm³/mol. The Bertz CT molecular complexity index is 1470. The van der Waals surface area contributed by atoms with E-state index in [4.69, 9.17) is 0 Å². The molecule has 1 fully saturated rings. The second-order valence-electron chi connectivity index (χ2n) is 9.70. The minimum atomic E-state index is -4.24. The van der Waals surface area contributed by atoms with Gasteiger partial charge in [-0.05, 0) is 30.9 Å². The maximum absolute atomic E-state index is 13.2. The number of halogens is 3. The number of amides is 1. The number of nitrogens with one attached hydrogen (secondary N) is 1. The Labute approximate surface area is 210 Å². The lowest BCUT2D eigenvalue weighted by Crippen LogP contribution is -2.40. The van der Waals surface area contributed by atoms with Crippen LogP contribution in [-0.2, 0) is 19.6 Å². The number of aromatic nitrogens is 6. The summed E-state index contributed by atoms with van der Waals surface area (Å²) in [6.07, 6.45) is 1.43. The van der Waals surface area contributed by atoms with E-state index in [1.807, 2.05) is 37.4 Å². The molecule has 1 N–H and O–H groups in total. The fourth-order valence-corrected chi connectivity index (χ4v) is 4.65. The summed E-state index contributed by atoms with van der Waals surface area (Å²) in [6.45, 7) is 2.05. The summed E-state index contributed by atoms with van der Waals surface area (Å²) in [5.74, 6) is 1.63. The summed E-state index contributed by atoms with van der Waals surface area (Å²) in [5.41, 5.74) is 3.94. The van der Waals surface area contributed by atoms with Gasteiger partial charge in [0.15, 0.2) is 5.82 Å². The van der Waals surface area contributed by atoms with Gasteiger partial charge in [0.25, 0.3) is 5.91 Å². The largest absolute Gasteiger partial charge is 0.401 e.